The van der Waals surface area contributed by atoms with Crippen LogP contribution in [0.5, 0.6) is 0 Å². The summed E-state index contributed by atoms with van der Waals surface area (Å²) in [5.74, 6) is -2.64. The Morgan fingerprint density at radius 1 is 1.43 bits per heavy atom. The number of aromatic amines is 1. The molecule has 4 nitrogen and oxygen atoms in total. The number of urea groups is 1. The highest BCUT2D eigenvalue weighted by Gasteiger charge is 2.39. The number of benzene rings is 1. The number of H-pyrrole nitrogens is 1. The van der Waals surface area contributed by atoms with Crippen molar-refractivity contribution < 1.29 is 13.6 Å². The van der Waals surface area contributed by atoms with Crippen LogP contribution in [0.25, 0.3) is 10.9 Å². The highest BCUT2D eigenvalue weighted by atomic mass is 19.3. The minimum Gasteiger partial charge on any atom is -0.361 e. The molecular weight excluding hydrogens is 300 g/mol. The maximum absolute atomic E-state index is 13.1. The van der Waals surface area contributed by atoms with E-state index in [0.29, 0.717) is 19.4 Å². The van der Waals surface area contributed by atoms with Crippen LogP contribution in [0.1, 0.15) is 30.4 Å². The third-order valence-electron chi connectivity index (χ3n) is 4.34. The van der Waals surface area contributed by atoms with E-state index in [1.165, 1.54) is 5.56 Å². The average Bonchev–Trinajstić information content (AvgIpc) is 3.02. The van der Waals surface area contributed by atoms with Gasteiger partial charge in [0.1, 0.15) is 0 Å². The van der Waals surface area contributed by atoms with Crippen molar-refractivity contribution in [3.63, 3.8) is 0 Å². The van der Waals surface area contributed by atoms with Crippen LogP contribution in [-0.2, 0) is 6.42 Å². The lowest BCUT2D eigenvalue weighted by Crippen LogP contribution is -2.42. The van der Waals surface area contributed by atoms with E-state index < -0.39 is 12.0 Å². The number of fused-ring (bicyclic) bond motifs is 1. The Hall–Kier alpha value is -2.11. The highest BCUT2D eigenvalue weighted by Crippen LogP contribution is 2.34. The van der Waals surface area contributed by atoms with E-state index in [4.69, 9.17) is 0 Å². The van der Waals surface area contributed by atoms with Crippen LogP contribution in [0.3, 0.4) is 0 Å². The van der Waals surface area contributed by atoms with Gasteiger partial charge in [-0.1, -0.05) is 11.6 Å². The Bertz CT molecular complexity index is 711. The molecule has 1 aromatic heterocycles. The molecule has 1 aliphatic rings. The molecule has 0 saturated heterocycles. The first-order valence-electron chi connectivity index (χ1n) is 7.92. The molecule has 2 amide bonds. The Kier molecular flexibility index (Phi) is 4.24. The van der Waals surface area contributed by atoms with E-state index in [1.54, 1.807) is 0 Å². The molecular formula is C17H21F2N3O. The predicted molar refractivity (Wildman–Crippen MR) is 85.9 cm³/mol. The molecule has 1 saturated carbocycles. The van der Waals surface area contributed by atoms with E-state index in [1.807, 2.05) is 25.3 Å². The topological polar surface area (TPSA) is 56.9 Å². The minimum absolute atomic E-state index is 0.146. The van der Waals surface area contributed by atoms with E-state index in [9.17, 15) is 13.6 Å². The van der Waals surface area contributed by atoms with Crippen molar-refractivity contribution in [2.75, 3.05) is 6.54 Å². The van der Waals surface area contributed by atoms with Gasteiger partial charge < -0.3 is 15.6 Å². The number of rotatable bonds is 4. The Balaban J connectivity index is 1.49. The van der Waals surface area contributed by atoms with Crippen LogP contribution >= 0.6 is 0 Å². The zero-order valence-electron chi connectivity index (χ0n) is 13.1. The first-order valence-corrected chi connectivity index (χ1v) is 7.92. The SMILES string of the molecule is Cc1ccc2[nH]cc(CCNC(=O)NC3CCC(F)(F)C3)c2c1. The summed E-state index contributed by atoms with van der Waals surface area (Å²) in [4.78, 5) is 15.0. The first kappa shape index (κ1) is 15.8. The smallest absolute Gasteiger partial charge is 0.315 e. The van der Waals surface area contributed by atoms with Gasteiger partial charge in [-0.3, -0.25) is 0 Å². The molecule has 0 radical (unpaired) electrons. The number of carbonyl (C=O) groups is 1. The summed E-state index contributed by atoms with van der Waals surface area (Å²) >= 11 is 0. The van der Waals surface area contributed by atoms with Gasteiger partial charge in [-0.2, -0.15) is 0 Å². The van der Waals surface area contributed by atoms with E-state index in [2.05, 4.69) is 21.7 Å². The van der Waals surface area contributed by atoms with Crippen LogP contribution < -0.4 is 10.6 Å². The van der Waals surface area contributed by atoms with Gasteiger partial charge in [0.05, 0.1) is 0 Å². The van der Waals surface area contributed by atoms with Gasteiger partial charge in [0, 0.05) is 42.5 Å². The minimum atomic E-state index is -2.64. The molecule has 3 rings (SSSR count). The van der Waals surface area contributed by atoms with E-state index in [0.717, 1.165) is 16.5 Å². The third kappa shape index (κ3) is 3.81. The summed E-state index contributed by atoms with van der Waals surface area (Å²) in [6, 6.07) is 5.40. The van der Waals surface area contributed by atoms with Gasteiger partial charge in [-0.25, -0.2) is 13.6 Å². The number of aromatic nitrogens is 1. The van der Waals surface area contributed by atoms with Gasteiger partial charge in [0.2, 0.25) is 5.92 Å². The summed E-state index contributed by atoms with van der Waals surface area (Å²) in [6.07, 6.45) is 2.57. The van der Waals surface area contributed by atoms with Crippen LogP contribution in [0.15, 0.2) is 24.4 Å². The van der Waals surface area contributed by atoms with Crippen LogP contribution in [0.2, 0.25) is 0 Å². The number of halogens is 2. The Labute approximate surface area is 133 Å². The lowest BCUT2D eigenvalue weighted by atomic mass is 10.1. The average molecular weight is 321 g/mol. The molecule has 124 valence electrons. The summed E-state index contributed by atoms with van der Waals surface area (Å²) in [5, 5.41) is 6.52. The molecule has 0 bridgehead atoms. The van der Waals surface area contributed by atoms with Gasteiger partial charge in [0.15, 0.2) is 0 Å². The van der Waals surface area contributed by atoms with Gasteiger partial charge >= 0.3 is 6.03 Å². The van der Waals surface area contributed by atoms with Crippen molar-refractivity contribution in [2.45, 2.75) is 44.6 Å². The number of amides is 2. The first-order chi connectivity index (χ1) is 10.9. The molecule has 1 heterocycles. The maximum Gasteiger partial charge on any atom is 0.315 e. The summed E-state index contributed by atoms with van der Waals surface area (Å²) in [5.41, 5.74) is 3.39. The quantitative estimate of drug-likeness (QED) is 0.793. The lowest BCUT2D eigenvalue weighted by Gasteiger charge is -2.13. The fraction of sp³-hybridized carbons (Fsp3) is 0.471. The fourth-order valence-corrected chi connectivity index (χ4v) is 3.12. The second-order valence-electron chi connectivity index (χ2n) is 6.31. The van der Waals surface area contributed by atoms with Crippen LogP contribution in [-0.4, -0.2) is 29.5 Å². The number of hydrogen-bond acceptors (Lipinski definition) is 1. The number of aryl methyl sites for hydroxylation is 1. The summed E-state index contributed by atoms with van der Waals surface area (Å²) in [6.45, 7) is 2.51. The molecule has 2 aromatic rings. The molecule has 1 atom stereocenters. The molecule has 1 unspecified atom stereocenters. The molecule has 3 N–H and O–H groups in total. The molecule has 1 aromatic carbocycles. The second kappa shape index (κ2) is 6.18. The molecule has 0 spiro atoms. The Morgan fingerprint density at radius 2 is 2.26 bits per heavy atom. The molecule has 6 heteroatoms. The predicted octanol–water partition coefficient (Wildman–Crippen LogP) is 3.51. The monoisotopic (exact) mass is 321 g/mol. The van der Waals surface area contributed by atoms with Crippen molar-refractivity contribution in [3.05, 3.63) is 35.5 Å². The van der Waals surface area contributed by atoms with Crippen LogP contribution in [0, 0.1) is 6.92 Å². The van der Waals surface area contributed by atoms with Gasteiger partial charge in [-0.05, 0) is 37.5 Å². The van der Waals surface area contributed by atoms with Crippen molar-refractivity contribution >= 4 is 16.9 Å². The number of alkyl halides is 2. The molecule has 1 fully saturated rings. The largest absolute Gasteiger partial charge is 0.361 e. The van der Waals surface area contributed by atoms with Crippen molar-refractivity contribution in [2.24, 2.45) is 0 Å². The normalized spacial score (nSPS) is 19.9. The van der Waals surface area contributed by atoms with E-state index in [-0.39, 0.29) is 18.9 Å². The second-order valence-corrected chi connectivity index (χ2v) is 6.31. The highest BCUT2D eigenvalue weighted by molar-refractivity contribution is 5.84. The van der Waals surface area contributed by atoms with Crippen LogP contribution in [0.4, 0.5) is 13.6 Å². The number of carbonyl (C=O) groups excluding carboxylic acids is 1. The van der Waals surface area contributed by atoms with Crippen molar-refractivity contribution in [3.8, 4) is 0 Å². The number of hydrogen-bond donors (Lipinski definition) is 3. The molecule has 0 aliphatic heterocycles. The van der Waals surface area contributed by atoms with Crippen molar-refractivity contribution in [1.82, 2.24) is 15.6 Å². The molecule has 23 heavy (non-hydrogen) atoms. The third-order valence-corrected chi connectivity index (χ3v) is 4.34. The summed E-state index contributed by atoms with van der Waals surface area (Å²) in [7, 11) is 0. The zero-order chi connectivity index (χ0) is 16.4. The van der Waals surface area contributed by atoms with E-state index >= 15 is 0 Å². The number of nitrogens with one attached hydrogen (secondary N) is 3. The Morgan fingerprint density at radius 3 is 3.00 bits per heavy atom. The van der Waals surface area contributed by atoms with Crippen molar-refractivity contribution in [1.29, 1.82) is 0 Å². The van der Waals surface area contributed by atoms with Gasteiger partial charge in [0.25, 0.3) is 0 Å². The standard InChI is InChI=1S/C17H21F2N3O/c1-11-2-3-15-14(8-11)12(10-21-15)5-7-20-16(23)22-13-4-6-17(18,19)9-13/h2-3,8,10,13,21H,4-7,9H2,1H3,(H2,20,22,23). The maximum atomic E-state index is 13.1. The summed E-state index contributed by atoms with van der Waals surface area (Å²) < 4.78 is 26.2. The fourth-order valence-electron chi connectivity index (χ4n) is 3.12. The lowest BCUT2D eigenvalue weighted by molar-refractivity contribution is 0.00732. The molecule has 1 aliphatic carbocycles. The van der Waals surface area contributed by atoms with Gasteiger partial charge in [-0.15, -0.1) is 0 Å². The zero-order valence-corrected chi connectivity index (χ0v) is 13.1.